The molecule has 2 nitrogen and oxygen atoms in total. The predicted molar refractivity (Wildman–Crippen MR) is 85.8 cm³/mol. The highest BCUT2D eigenvalue weighted by Gasteiger charge is 1.94. The second-order valence-corrected chi connectivity index (χ2v) is 4.99. The van der Waals surface area contributed by atoms with Gasteiger partial charge in [-0.1, -0.05) is 44.4 Å². The molecule has 0 aliphatic carbocycles. The Morgan fingerprint density at radius 3 is 2.55 bits per heavy atom. The number of nitrogens with zero attached hydrogens (tertiary/aromatic N) is 2. The van der Waals surface area contributed by atoms with Gasteiger partial charge in [-0.3, -0.25) is 9.98 Å². The molecule has 0 fully saturated rings. The monoisotopic (exact) mass is 266 g/mol. The molecule has 104 valence electrons. The average Bonchev–Trinajstić information content (AvgIpc) is 2.52. The van der Waals surface area contributed by atoms with Gasteiger partial charge in [0.2, 0.25) is 0 Å². The first-order valence-corrected chi connectivity index (χ1v) is 7.42. The summed E-state index contributed by atoms with van der Waals surface area (Å²) in [4.78, 5) is 8.66. The lowest BCUT2D eigenvalue weighted by Crippen LogP contribution is -1.86. The number of benzene rings is 1. The molecular formula is C18H22N2. The van der Waals surface area contributed by atoms with E-state index in [1.807, 2.05) is 18.2 Å². The van der Waals surface area contributed by atoms with Gasteiger partial charge in [0.15, 0.2) is 0 Å². The van der Waals surface area contributed by atoms with E-state index in [1.54, 1.807) is 12.4 Å². The van der Waals surface area contributed by atoms with Gasteiger partial charge in [0, 0.05) is 6.20 Å². The first-order chi connectivity index (χ1) is 9.88. The Hall–Kier alpha value is -1.96. The molecular weight excluding hydrogens is 244 g/mol. The number of aliphatic imine (C=N–C) groups is 1. The second-order valence-electron chi connectivity index (χ2n) is 4.99. The molecule has 2 heteroatoms. The van der Waals surface area contributed by atoms with E-state index >= 15 is 0 Å². The van der Waals surface area contributed by atoms with Crippen molar-refractivity contribution in [2.24, 2.45) is 4.99 Å². The molecule has 0 radical (unpaired) electrons. The molecule has 0 aliphatic heterocycles. The molecule has 2 aromatic rings. The summed E-state index contributed by atoms with van der Waals surface area (Å²) >= 11 is 0. The van der Waals surface area contributed by atoms with Crippen molar-refractivity contribution >= 4 is 11.9 Å². The van der Waals surface area contributed by atoms with Crippen LogP contribution in [0, 0.1) is 0 Å². The molecule has 2 rings (SSSR count). The molecule has 0 saturated heterocycles. The summed E-state index contributed by atoms with van der Waals surface area (Å²) < 4.78 is 0. The number of rotatable bonds is 7. The molecule has 1 aromatic heterocycles. The van der Waals surface area contributed by atoms with Crippen LogP contribution in [0.3, 0.4) is 0 Å². The largest absolute Gasteiger partial charge is 0.255 e. The summed E-state index contributed by atoms with van der Waals surface area (Å²) in [6.07, 6.45) is 10.00. The lowest BCUT2D eigenvalue weighted by molar-refractivity contribution is 0.667. The van der Waals surface area contributed by atoms with Crippen LogP contribution in [-0.4, -0.2) is 11.2 Å². The van der Waals surface area contributed by atoms with Crippen LogP contribution in [0.5, 0.6) is 0 Å². The van der Waals surface area contributed by atoms with Gasteiger partial charge in [-0.2, -0.15) is 0 Å². The molecule has 0 bridgehead atoms. The van der Waals surface area contributed by atoms with Crippen LogP contribution in [-0.2, 0) is 6.42 Å². The molecule has 0 saturated carbocycles. The zero-order valence-corrected chi connectivity index (χ0v) is 12.1. The summed E-state index contributed by atoms with van der Waals surface area (Å²) in [6, 6.07) is 14.3. The number of aromatic nitrogens is 1. The van der Waals surface area contributed by atoms with Crippen LogP contribution in [0.4, 0.5) is 5.69 Å². The maximum atomic E-state index is 4.44. The normalized spacial score (nSPS) is 11.1. The summed E-state index contributed by atoms with van der Waals surface area (Å²) in [5, 5.41) is 0. The van der Waals surface area contributed by atoms with Crippen molar-refractivity contribution in [2.75, 3.05) is 0 Å². The molecule has 0 N–H and O–H groups in total. The van der Waals surface area contributed by atoms with Gasteiger partial charge in [-0.25, -0.2) is 0 Å². The van der Waals surface area contributed by atoms with Gasteiger partial charge in [0.25, 0.3) is 0 Å². The predicted octanol–water partition coefficient (Wildman–Crippen LogP) is 4.96. The molecule has 20 heavy (non-hydrogen) atoms. The smallest absolute Gasteiger partial charge is 0.0812 e. The Kier molecular flexibility index (Phi) is 5.97. The first-order valence-electron chi connectivity index (χ1n) is 7.42. The van der Waals surface area contributed by atoms with Gasteiger partial charge in [-0.15, -0.1) is 0 Å². The fourth-order valence-corrected chi connectivity index (χ4v) is 2.10. The maximum absolute atomic E-state index is 4.44. The van der Waals surface area contributed by atoms with Crippen molar-refractivity contribution < 1.29 is 0 Å². The number of unbranched alkanes of at least 4 members (excludes halogenated alkanes) is 3. The number of hydrogen-bond donors (Lipinski definition) is 0. The number of pyridine rings is 1. The van der Waals surface area contributed by atoms with Crippen molar-refractivity contribution in [1.29, 1.82) is 0 Å². The van der Waals surface area contributed by atoms with Gasteiger partial charge < -0.3 is 0 Å². The van der Waals surface area contributed by atoms with E-state index in [9.17, 15) is 0 Å². The maximum Gasteiger partial charge on any atom is 0.0812 e. The molecule has 0 aliphatic rings. The van der Waals surface area contributed by atoms with Crippen LogP contribution in [0.2, 0.25) is 0 Å². The van der Waals surface area contributed by atoms with Crippen molar-refractivity contribution in [1.82, 2.24) is 4.98 Å². The third-order valence-corrected chi connectivity index (χ3v) is 3.29. The Labute approximate surface area is 121 Å². The third kappa shape index (κ3) is 4.96. The zero-order chi connectivity index (χ0) is 14.0. The third-order valence-electron chi connectivity index (χ3n) is 3.29. The van der Waals surface area contributed by atoms with E-state index in [1.165, 1.54) is 37.7 Å². The van der Waals surface area contributed by atoms with E-state index < -0.39 is 0 Å². The van der Waals surface area contributed by atoms with Crippen LogP contribution in [0.15, 0.2) is 53.7 Å². The van der Waals surface area contributed by atoms with E-state index in [0.717, 1.165) is 11.4 Å². The van der Waals surface area contributed by atoms with Crippen LogP contribution >= 0.6 is 0 Å². The molecule has 0 atom stereocenters. The highest BCUT2D eigenvalue weighted by Crippen LogP contribution is 2.15. The van der Waals surface area contributed by atoms with Crippen molar-refractivity contribution in [3.63, 3.8) is 0 Å². The van der Waals surface area contributed by atoms with E-state index in [4.69, 9.17) is 0 Å². The highest BCUT2D eigenvalue weighted by atomic mass is 14.8. The molecule has 1 heterocycles. The number of aryl methyl sites for hydroxylation is 1. The average molecular weight is 266 g/mol. The Bertz CT molecular complexity index is 515. The zero-order valence-electron chi connectivity index (χ0n) is 12.1. The molecule has 1 aromatic carbocycles. The van der Waals surface area contributed by atoms with Crippen molar-refractivity contribution in [3.05, 3.63) is 59.9 Å². The fraction of sp³-hybridized carbons (Fsp3) is 0.333. The van der Waals surface area contributed by atoms with Gasteiger partial charge in [0.05, 0.1) is 17.6 Å². The van der Waals surface area contributed by atoms with Gasteiger partial charge in [-0.05, 0) is 42.7 Å². The minimum absolute atomic E-state index is 0.885. The summed E-state index contributed by atoms with van der Waals surface area (Å²) in [7, 11) is 0. The Morgan fingerprint density at radius 2 is 1.85 bits per heavy atom. The van der Waals surface area contributed by atoms with E-state index in [0.29, 0.717) is 0 Å². The lowest BCUT2D eigenvalue weighted by atomic mass is 10.1. The quantitative estimate of drug-likeness (QED) is 0.514. The lowest BCUT2D eigenvalue weighted by Gasteiger charge is -2.01. The summed E-state index contributed by atoms with van der Waals surface area (Å²) in [5.74, 6) is 0. The van der Waals surface area contributed by atoms with Gasteiger partial charge in [0.1, 0.15) is 0 Å². The second kappa shape index (κ2) is 8.26. The minimum Gasteiger partial charge on any atom is -0.255 e. The molecule has 0 unspecified atom stereocenters. The Balaban J connectivity index is 1.87. The molecule has 0 amide bonds. The minimum atomic E-state index is 0.885. The van der Waals surface area contributed by atoms with Crippen LogP contribution < -0.4 is 0 Å². The van der Waals surface area contributed by atoms with E-state index in [2.05, 4.69) is 41.2 Å². The van der Waals surface area contributed by atoms with Crippen LogP contribution in [0.25, 0.3) is 0 Å². The van der Waals surface area contributed by atoms with Gasteiger partial charge >= 0.3 is 0 Å². The Morgan fingerprint density at radius 1 is 1.00 bits per heavy atom. The molecule has 0 spiro atoms. The van der Waals surface area contributed by atoms with Crippen LogP contribution in [0.1, 0.15) is 43.9 Å². The summed E-state index contributed by atoms with van der Waals surface area (Å²) in [6.45, 7) is 2.24. The number of hydrogen-bond acceptors (Lipinski definition) is 2. The van der Waals surface area contributed by atoms with Crippen molar-refractivity contribution in [2.45, 2.75) is 39.0 Å². The topological polar surface area (TPSA) is 25.2 Å². The highest BCUT2D eigenvalue weighted by molar-refractivity contribution is 5.79. The van der Waals surface area contributed by atoms with Crippen molar-refractivity contribution in [3.8, 4) is 0 Å². The fourth-order valence-electron chi connectivity index (χ4n) is 2.10. The standard InChI is InChI=1S/C18H22N2/c1-2-3-4-5-8-16-10-12-17(13-11-16)20-15-18-9-6-7-14-19-18/h6-7,9-15H,2-5,8H2,1H3. The SMILES string of the molecule is CCCCCCc1ccc(N=Cc2ccccn2)cc1. The first kappa shape index (κ1) is 14.4. The summed E-state index contributed by atoms with van der Waals surface area (Å²) in [5.41, 5.74) is 3.27. The van der Waals surface area contributed by atoms with E-state index in [-0.39, 0.29) is 0 Å².